The highest BCUT2D eigenvalue weighted by molar-refractivity contribution is 7.99. The van der Waals surface area contributed by atoms with Crippen LogP contribution in [0, 0.1) is 5.92 Å². The van der Waals surface area contributed by atoms with Crippen LogP contribution in [-0.4, -0.2) is 24.6 Å². The zero-order valence-electron chi connectivity index (χ0n) is 7.34. The number of hydrogen-bond donors (Lipinski definition) is 0. The summed E-state index contributed by atoms with van der Waals surface area (Å²) in [7, 11) is 1.40. The van der Waals surface area contributed by atoms with E-state index in [9.17, 15) is 4.79 Å². The number of esters is 1. The summed E-state index contributed by atoms with van der Waals surface area (Å²) in [6.45, 7) is 3.71. The number of hydrogen-bond acceptors (Lipinski definition) is 3. The number of thioether (sulfide) groups is 1. The summed E-state index contributed by atoms with van der Waals surface area (Å²) in [6.07, 6.45) is 2.01. The molecule has 12 heavy (non-hydrogen) atoms. The Bertz CT molecular complexity index is 183. The zero-order valence-corrected chi connectivity index (χ0v) is 8.15. The first kappa shape index (κ1) is 9.65. The van der Waals surface area contributed by atoms with E-state index in [4.69, 9.17) is 0 Å². The van der Waals surface area contributed by atoms with Crippen molar-refractivity contribution in [3.05, 3.63) is 12.2 Å². The van der Waals surface area contributed by atoms with E-state index in [-0.39, 0.29) is 5.97 Å². The molecule has 0 bridgehead atoms. The molecule has 1 saturated heterocycles. The Hall–Kier alpha value is -0.440. The third-order valence-electron chi connectivity index (χ3n) is 2.03. The molecule has 1 aliphatic heterocycles. The standard InChI is InChI=1S/C9H14O2S/c1-7(9(10)11-2)5-8-3-4-12-6-8/h8H,1,3-6H2,2H3. The van der Waals surface area contributed by atoms with Gasteiger partial charge in [0.2, 0.25) is 0 Å². The van der Waals surface area contributed by atoms with E-state index in [0.717, 1.165) is 12.2 Å². The van der Waals surface area contributed by atoms with Gasteiger partial charge in [-0.05, 0) is 30.3 Å². The van der Waals surface area contributed by atoms with E-state index < -0.39 is 0 Å². The lowest BCUT2D eigenvalue weighted by Crippen LogP contribution is -2.08. The Labute approximate surface area is 77.4 Å². The van der Waals surface area contributed by atoms with E-state index in [0.29, 0.717) is 11.5 Å². The summed E-state index contributed by atoms with van der Waals surface area (Å²) < 4.78 is 4.58. The van der Waals surface area contributed by atoms with Crippen LogP contribution in [0.5, 0.6) is 0 Å². The second-order valence-electron chi connectivity index (χ2n) is 3.03. The minimum Gasteiger partial charge on any atom is -0.466 e. The maximum absolute atomic E-state index is 11.0. The van der Waals surface area contributed by atoms with Gasteiger partial charge in [0.15, 0.2) is 0 Å². The molecule has 0 spiro atoms. The lowest BCUT2D eigenvalue weighted by molar-refractivity contribution is -0.136. The fraction of sp³-hybridized carbons (Fsp3) is 0.667. The van der Waals surface area contributed by atoms with Crippen LogP contribution in [0.4, 0.5) is 0 Å². The molecule has 1 heterocycles. The number of rotatable bonds is 3. The minimum absolute atomic E-state index is 0.257. The fourth-order valence-electron chi connectivity index (χ4n) is 1.32. The predicted molar refractivity (Wildman–Crippen MR) is 51.2 cm³/mol. The number of carbonyl (C=O) groups excluding carboxylic acids is 1. The minimum atomic E-state index is -0.257. The molecule has 0 aromatic heterocycles. The highest BCUT2D eigenvalue weighted by Gasteiger charge is 2.19. The normalized spacial score (nSPS) is 22.2. The van der Waals surface area contributed by atoms with E-state index in [1.54, 1.807) is 0 Å². The summed E-state index contributed by atoms with van der Waals surface area (Å²) in [5.41, 5.74) is 0.616. The lowest BCUT2D eigenvalue weighted by atomic mass is 10.0. The van der Waals surface area contributed by atoms with Crippen molar-refractivity contribution >= 4 is 17.7 Å². The van der Waals surface area contributed by atoms with Crippen LogP contribution in [0.2, 0.25) is 0 Å². The van der Waals surface area contributed by atoms with Crippen LogP contribution < -0.4 is 0 Å². The molecule has 0 aromatic carbocycles. The molecule has 0 aromatic rings. The SMILES string of the molecule is C=C(CC1CCSC1)C(=O)OC. The molecule has 0 saturated carbocycles. The molecule has 0 amide bonds. The van der Waals surface area contributed by atoms with Crippen LogP contribution in [-0.2, 0) is 9.53 Å². The van der Waals surface area contributed by atoms with Gasteiger partial charge in [0.25, 0.3) is 0 Å². The summed E-state index contributed by atoms with van der Waals surface area (Å²) in [6, 6.07) is 0. The van der Waals surface area contributed by atoms with Crippen LogP contribution in [0.15, 0.2) is 12.2 Å². The van der Waals surface area contributed by atoms with E-state index in [1.807, 2.05) is 11.8 Å². The van der Waals surface area contributed by atoms with Gasteiger partial charge < -0.3 is 4.74 Å². The summed E-state index contributed by atoms with van der Waals surface area (Å²) >= 11 is 1.95. The highest BCUT2D eigenvalue weighted by Crippen LogP contribution is 2.28. The van der Waals surface area contributed by atoms with Gasteiger partial charge in [0.1, 0.15) is 0 Å². The lowest BCUT2D eigenvalue weighted by Gasteiger charge is -2.08. The quantitative estimate of drug-likeness (QED) is 0.497. The third kappa shape index (κ3) is 2.55. The molecule has 1 unspecified atom stereocenters. The Kier molecular flexibility index (Phi) is 3.66. The van der Waals surface area contributed by atoms with E-state index >= 15 is 0 Å². The number of methoxy groups -OCH3 is 1. The first-order valence-corrected chi connectivity index (χ1v) is 5.23. The van der Waals surface area contributed by atoms with Gasteiger partial charge in [-0.2, -0.15) is 11.8 Å². The second-order valence-corrected chi connectivity index (χ2v) is 4.18. The average molecular weight is 186 g/mol. The Morgan fingerprint density at radius 2 is 2.50 bits per heavy atom. The van der Waals surface area contributed by atoms with Crippen molar-refractivity contribution in [3.8, 4) is 0 Å². The molecule has 1 rings (SSSR count). The molecule has 1 aliphatic rings. The maximum Gasteiger partial charge on any atom is 0.333 e. The molecule has 3 heteroatoms. The van der Waals surface area contributed by atoms with Crippen LogP contribution >= 0.6 is 11.8 Å². The van der Waals surface area contributed by atoms with Crippen molar-refractivity contribution in [1.29, 1.82) is 0 Å². The first-order chi connectivity index (χ1) is 5.74. The van der Waals surface area contributed by atoms with Gasteiger partial charge in [-0.25, -0.2) is 4.79 Å². The van der Waals surface area contributed by atoms with Crippen LogP contribution in [0.25, 0.3) is 0 Å². The Balaban J connectivity index is 2.29. The van der Waals surface area contributed by atoms with Gasteiger partial charge in [-0.1, -0.05) is 6.58 Å². The molecule has 1 atom stereocenters. The van der Waals surface area contributed by atoms with Gasteiger partial charge in [-0.15, -0.1) is 0 Å². The Morgan fingerprint density at radius 1 is 1.75 bits per heavy atom. The summed E-state index contributed by atoms with van der Waals surface area (Å²) in [4.78, 5) is 11.0. The van der Waals surface area contributed by atoms with Gasteiger partial charge >= 0.3 is 5.97 Å². The molecule has 68 valence electrons. The number of carbonyl (C=O) groups is 1. The molecule has 1 fully saturated rings. The molecule has 0 aliphatic carbocycles. The molecule has 2 nitrogen and oxygen atoms in total. The van der Waals surface area contributed by atoms with Crippen molar-refractivity contribution in [2.75, 3.05) is 18.6 Å². The fourth-order valence-corrected chi connectivity index (χ4v) is 2.60. The van der Waals surface area contributed by atoms with Crippen LogP contribution in [0.1, 0.15) is 12.8 Å². The topological polar surface area (TPSA) is 26.3 Å². The largest absolute Gasteiger partial charge is 0.466 e. The highest BCUT2D eigenvalue weighted by atomic mass is 32.2. The molecule has 0 N–H and O–H groups in total. The molecule has 0 radical (unpaired) electrons. The molecular formula is C9H14O2S. The van der Waals surface area contributed by atoms with Gasteiger partial charge in [0, 0.05) is 5.57 Å². The van der Waals surface area contributed by atoms with Crippen molar-refractivity contribution in [2.24, 2.45) is 5.92 Å². The van der Waals surface area contributed by atoms with Crippen molar-refractivity contribution in [1.82, 2.24) is 0 Å². The number of ether oxygens (including phenoxy) is 1. The van der Waals surface area contributed by atoms with Gasteiger partial charge in [0.05, 0.1) is 7.11 Å². The van der Waals surface area contributed by atoms with E-state index in [1.165, 1.54) is 19.3 Å². The summed E-state index contributed by atoms with van der Waals surface area (Å²) in [5, 5.41) is 0. The smallest absolute Gasteiger partial charge is 0.333 e. The van der Waals surface area contributed by atoms with Gasteiger partial charge in [-0.3, -0.25) is 0 Å². The average Bonchev–Trinajstić information content (AvgIpc) is 2.55. The second kappa shape index (κ2) is 4.55. The third-order valence-corrected chi connectivity index (χ3v) is 3.26. The maximum atomic E-state index is 11.0. The van der Waals surface area contributed by atoms with Crippen LogP contribution in [0.3, 0.4) is 0 Å². The molecular weight excluding hydrogens is 172 g/mol. The van der Waals surface area contributed by atoms with Crippen molar-refractivity contribution < 1.29 is 9.53 Å². The monoisotopic (exact) mass is 186 g/mol. The van der Waals surface area contributed by atoms with E-state index in [2.05, 4.69) is 11.3 Å². The first-order valence-electron chi connectivity index (χ1n) is 4.08. The predicted octanol–water partition coefficient (Wildman–Crippen LogP) is 1.86. The summed E-state index contributed by atoms with van der Waals surface area (Å²) in [5.74, 6) is 2.77. The zero-order chi connectivity index (χ0) is 8.97. The Morgan fingerprint density at radius 3 is 3.00 bits per heavy atom. The van der Waals surface area contributed by atoms with Crippen molar-refractivity contribution in [3.63, 3.8) is 0 Å². The van der Waals surface area contributed by atoms with Crippen molar-refractivity contribution in [2.45, 2.75) is 12.8 Å².